The monoisotopic (exact) mass is 248 g/mol. The van der Waals surface area contributed by atoms with Crippen LogP contribution in [-0.2, 0) is 0 Å². The van der Waals surface area contributed by atoms with Gasteiger partial charge in [0.1, 0.15) is 0 Å². The first-order valence-electron chi connectivity index (χ1n) is 6.53. The van der Waals surface area contributed by atoms with Gasteiger partial charge in [0.2, 0.25) is 0 Å². The highest BCUT2D eigenvalue weighted by Gasteiger charge is 2.27. The molecule has 1 heterocycles. The highest BCUT2D eigenvalue weighted by molar-refractivity contribution is 5.98. The predicted molar refractivity (Wildman–Crippen MR) is 71.5 cm³/mol. The number of phenols is 1. The fourth-order valence-corrected chi connectivity index (χ4v) is 2.58. The van der Waals surface area contributed by atoms with E-state index in [1.165, 1.54) is 6.42 Å². The molecule has 1 saturated heterocycles. The zero-order chi connectivity index (χ0) is 13.1. The van der Waals surface area contributed by atoms with E-state index in [1.807, 2.05) is 4.90 Å². The maximum Gasteiger partial charge on any atom is 0.257 e. The van der Waals surface area contributed by atoms with Gasteiger partial charge in [0.25, 0.3) is 5.91 Å². The van der Waals surface area contributed by atoms with E-state index in [4.69, 9.17) is 5.73 Å². The van der Waals surface area contributed by atoms with E-state index in [-0.39, 0.29) is 23.4 Å². The van der Waals surface area contributed by atoms with Crippen LogP contribution in [0.4, 0.5) is 5.69 Å². The second-order valence-electron chi connectivity index (χ2n) is 4.80. The number of hydrogen-bond donors (Lipinski definition) is 2. The van der Waals surface area contributed by atoms with Crippen molar-refractivity contribution in [3.05, 3.63) is 23.8 Å². The molecule has 98 valence electrons. The third kappa shape index (κ3) is 2.28. The Morgan fingerprint density at radius 2 is 2.28 bits per heavy atom. The number of piperidine rings is 1. The Morgan fingerprint density at radius 3 is 3.00 bits per heavy atom. The van der Waals surface area contributed by atoms with Crippen molar-refractivity contribution in [2.45, 2.75) is 38.6 Å². The van der Waals surface area contributed by atoms with Crippen LogP contribution in [0.2, 0.25) is 0 Å². The Bertz CT molecular complexity index is 445. The number of benzene rings is 1. The third-order valence-electron chi connectivity index (χ3n) is 3.66. The van der Waals surface area contributed by atoms with Crippen molar-refractivity contribution in [1.82, 2.24) is 4.90 Å². The van der Waals surface area contributed by atoms with Crippen LogP contribution in [0.5, 0.6) is 5.75 Å². The number of hydrogen-bond acceptors (Lipinski definition) is 3. The molecule has 0 aliphatic carbocycles. The SMILES string of the molecule is CCC1CCCCN1C(=O)c1cccc(N)c1O. The van der Waals surface area contributed by atoms with Crippen molar-refractivity contribution < 1.29 is 9.90 Å². The maximum atomic E-state index is 12.5. The molecule has 0 bridgehead atoms. The molecule has 1 amide bonds. The van der Waals surface area contributed by atoms with Gasteiger partial charge in [-0.3, -0.25) is 4.79 Å². The zero-order valence-corrected chi connectivity index (χ0v) is 10.7. The summed E-state index contributed by atoms with van der Waals surface area (Å²) in [5.41, 5.74) is 6.20. The van der Waals surface area contributed by atoms with E-state index >= 15 is 0 Å². The summed E-state index contributed by atoms with van der Waals surface area (Å²) in [5, 5.41) is 9.89. The Hall–Kier alpha value is -1.71. The van der Waals surface area contributed by atoms with Crippen molar-refractivity contribution in [2.75, 3.05) is 12.3 Å². The first-order chi connectivity index (χ1) is 8.65. The normalized spacial score (nSPS) is 19.8. The van der Waals surface area contributed by atoms with Gasteiger partial charge < -0.3 is 15.7 Å². The van der Waals surface area contributed by atoms with Gasteiger partial charge in [0, 0.05) is 12.6 Å². The van der Waals surface area contributed by atoms with E-state index in [1.54, 1.807) is 18.2 Å². The average Bonchev–Trinajstić information content (AvgIpc) is 2.41. The highest BCUT2D eigenvalue weighted by Crippen LogP contribution is 2.28. The summed E-state index contributed by atoms with van der Waals surface area (Å²) >= 11 is 0. The van der Waals surface area contributed by atoms with Crippen molar-refractivity contribution in [3.63, 3.8) is 0 Å². The van der Waals surface area contributed by atoms with Crippen molar-refractivity contribution in [3.8, 4) is 5.75 Å². The molecule has 0 aromatic heterocycles. The van der Waals surface area contributed by atoms with Gasteiger partial charge in [0.05, 0.1) is 11.3 Å². The molecule has 1 aromatic rings. The Balaban J connectivity index is 2.27. The molecule has 1 aromatic carbocycles. The van der Waals surface area contributed by atoms with Gasteiger partial charge in [-0.2, -0.15) is 0 Å². The molecule has 1 fully saturated rings. The van der Waals surface area contributed by atoms with Crippen LogP contribution in [0.3, 0.4) is 0 Å². The molecule has 18 heavy (non-hydrogen) atoms. The standard InChI is InChI=1S/C14H20N2O2/c1-2-10-6-3-4-9-16(10)14(18)11-7-5-8-12(15)13(11)17/h5,7-8,10,17H,2-4,6,9,15H2,1H3. The van der Waals surface area contributed by atoms with Crippen LogP contribution in [0.25, 0.3) is 0 Å². The average molecular weight is 248 g/mol. The van der Waals surface area contributed by atoms with Crippen LogP contribution in [0, 0.1) is 0 Å². The van der Waals surface area contributed by atoms with Gasteiger partial charge in [-0.25, -0.2) is 0 Å². The lowest BCUT2D eigenvalue weighted by molar-refractivity contribution is 0.0605. The Morgan fingerprint density at radius 1 is 1.50 bits per heavy atom. The molecule has 0 saturated carbocycles. The van der Waals surface area contributed by atoms with Crippen LogP contribution in [0.1, 0.15) is 43.0 Å². The van der Waals surface area contributed by atoms with E-state index in [2.05, 4.69) is 6.92 Å². The number of amides is 1. The topological polar surface area (TPSA) is 66.6 Å². The molecular formula is C14H20N2O2. The van der Waals surface area contributed by atoms with Crippen molar-refractivity contribution in [2.24, 2.45) is 0 Å². The highest BCUT2D eigenvalue weighted by atomic mass is 16.3. The van der Waals surface area contributed by atoms with Gasteiger partial charge in [0.15, 0.2) is 5.75 Å². The Kier molecular flexibility index (Phi) is 3.75. The molecule has 4 heteroatoms. The van der Waals surface area contributed by atoms with Gasteiger partial charge in [-0.15, -0.1) is 0 Å². The van der Waals surface area contributed by atoms with E-state index in [9.17, 15) is 9.90 Å². The maximum absolute atomic E-state index is 12.5. The summed E-state index contributed by atoms with van der Waals surface area (Å²) in [6.07, 6.45) is 4.21. The minimum Gasteiger partial charge on any atom is -0.505 e. The number of rotatable bonds is 2. The van der Waals surface area contributed by atoms with E-state index in [0.29, 0.717) is 5.56 Å². The van der Waals surface area contributed by atoms with Gasteiger partial charge in [-0.1, -0.05) is 13.0 Å². The number of likely N-dealkylation sites (tertiary alicyclic amines) is 1. The first-order valence-corrected chi connectivity index (χ1v) is 6.53. The molecule has 2 rings (SSSR count). The number of anilines is 1. The summed E-state index contributed by atoms with van der Waals surface area (Å²) in [5.74, 6) is -0.200. The van der Waals surface area contributed by atoms with Crippen LogP contribution in [0.15, 0.2) is 18.2 Å². The number of para-hydroxylation sites is 1. The molecule has 0 radical (unpaired) electrons. The quantitative estimate of drug-likeness (QED) is 0.623. The molecule has 0 spiro atoms. The summed E-state index contributed by atoms with van der Waals surface area (Å²) in [6, 6.07) is 5.22. The minimum absolute atomic E-state index is 0.0945. The second kappa shape index (κ2) is 5.29. The summed E-state index contributed by atoms with van der Waals surface area (Å²) in [6.45, 7) is 2.86. The number of aromatic hydroxyl groups is 1. The number of nitrogens with zero attached hydrogens (tertiary/aromatic N) is 1. The number of nitrogen functional groups attached to an aromatic ring is 1. The lowest BCUT2D eigenvalue weighted by atomic mass is 9.98. The summed E-state index contributed by atoms with van der Waals surface area (Å²) in [4.78, 5) is 14.3. The molecule has 4 nitrogen and oxygen atoms in total. The number of phenolic OH excluding ortho intramolecular Hbond substituents is 1. The molecule has 1 atom stereocenters. The first kappa shape index (κ1) is 12.7. The molecular weight excluding hydrogens is 228 g/mol. The number of nitrogens with two attached hydrogens (primary N) is 1. The zero-order valence-electron chi connectivity index (χ0n) is 10.7. The van der Waals surface area contributed by atoms with Crippen LogP contribution >= 0.6 is 0 Å². The smallest absolute Gasteiger partial charge is 0.257 e. The van der Waals surface area contributed by atoms with E-state index in [0.717, 1.165) is 25.8 Å². The van der Waals surface area contributed by atoms with Crippen LogP contribution in [-0.4, -0.2) is 28.5 Å². The number of carbonyl (C=O) groups is 1. The second-order valence-corrected chi connectivity index (χ2v) is 4.80. The van der Waals surface area contributed by atoms with Crippen molar-refractivity contribution in [1.29, 1.82) is 0 Å². The van der Waals surface area contributed by atoms with Crippen LogP contribution < -0.4 is 5.73 Å². The molecule has 1 aliphatic rings. The minimum atomic E-state index is -0.105. The van der Waals surface area contributed by atoms with E-state index < -0.39 is 0 Å². The third-order valence-corrected chi connectivity index (χ3v) is 3.66. The largest absolute Gasteiger partial charge is 0.505 e. The summed E-state index contributed by atoms with van der Waals surface area (Å²) < 4.78 is 0. The lowest BCUT2D eigenvalue weighted by Gasteiger charge is -2.35. The summed E-state index contributed by atoms with van der Waals surface area (Å²) in [7, 11) is 0. The Labute approximate surface area is 107 Å². The molecule has 1 aliphatic heterocycles. The molecule has 3 N–H and O–H groups in total. The lowest BCUT2D eigenvalue weighted by Crippen LogP contribution is -2.43. The van der Waals surface area contributed by atoms with Gasteiger partial charge in [-0.05, 0) is 37.8 Å². The predicted octanol–water partition coefficient (Wildman–Crippen LogP) is 2.38. The molecule has 1 unspecified atom stereocenters. The number of carbonyl (C=O) groups excluding carboxylic acids is 1. The van der Waals surface area contributed by atoms with Gasteiger partial charge >= 0.3 is 0 Å². The fraction of sp³-hybridized carbons (Fsp3) is 0.500. The fourth-order valence-electron chi connectivity index (χ4n) is 2.58. The van der Waals surface area contributed by atoms with Crippen molar-refractivity contribution >= 4 is 11.6 Å².